The lowest BCUT2D eigenvalue weighted by atomic mass is 10.2. The van der Waals surface area contributed by atoms with Crippen molar-refractivity contribution < 1.29 is 0 Å². The van der Waals surface area contributed by atoms with Crippen molar-refractivity contribution in [3.8, 4) is 0 Å². The van der Waals surface area contributed by atoms with Crippen molar-refractivity contribution in [2.45, 2.75) is 32.7 Å². The third kappa shape index (κ3) is 4.52. The quantitative estimate of drug-likeness (QED) is 0.813. The highest BCUT2D eigenvalue weighted by atomic mass is 32.1. The molecule has 1 atom stereocenters. The van der Waals surface area contributed by atoms with Crippen molar-refractivity contribution in [3.63, 3.8) is 0 Å². The molecule has 0 amide bonds. The van der Waals surface area contributed by atoms with E-state index in [0.717, 1.165) is 31.0 Å². The van der Waals surface area contributed by atoms with Gasteiger partial charge in [0.1, 0.15) is 11.6 Å². The minimum absolute atomic E-state index is 0.342. The van der Waals surface area contributed by atoms with E-state index in [1.165, 1.54) is 4.88 Å². The molecule has 0 spiro atoms. The molecular formula is C14H20N4S. The minimum Gasteiger partial charge on any atom is -0.369 e. The molecule has 5 heteroatoms. The van der Waals surface area contributed by atoms with E-state index in [4.69, 9.17) is 0 Å². The molecule has 4 nitrogen and oxygen atoms in total. The van der Waals surface area contributed by atoms with Crippen LogP contribution >= 0.6 is 11.3 Å². The Morgan fingerprint density at radius 2 is 2.16 bits per heavy atom. The first kappa shape index (κ1) is 13.8. The van der Waals surface area contributed by atoms with E-state index in [0.29, 0.717) is 6.04 Å². The molecule has 0 bridgehead atoms. The zero-order valence-corrected chi connectivity index (χ0v) is 12.2. The number of nitrogens with zero attached hydrogens (tertiary/aromatic N) is 2. The maximum Gasteiger partial charge on any atom is 0.147 e. The molecule has 0 aliphatic carbocycles. The molecule has 0 aliphatic heterocycles. The Balaban J connectivity index is 1.90. The summed E-state index contributed by atoms with van der Waals surface area (Å²) in [7, 11) is 0. The summed E-state index contributed by atoms with van der Waals surface area (Å²) in [5.74, 6) is 1.65. The van der Waals surface area contributed by atoms with Gasteiger partial charge >= 0.3 is 0 Å². The van der Waals surface area contributed by atoms with Crippen molar-refractivity contribution >= 4 is 23.0 Å². The van der Waals surface area contributed by atoms with Crippen molar-refractivity contribution in [2.24, 2.45) is 0 Å². The summed E-state index contributed by atoms with van der Waals surface area (Å²) in [6.07, 6.45) is 5.60. The van der Waals surface area contributed by atoms with E-state index in [9.17, 15) is 0 Å². The lowest BCUT2D eigenvalue weighted by molar-refractivity contribution is 0.793. The van der Waals surface area contributed by atoms with Gasteiger partial charge in [0.05, 0.1) is 12.4 Å². The van der Waals surface area contributed by atoms with E-state index in [1.807, 2.05) is 0 Å². The summed E-state index contributed by atoms with van der Waals surface area (Å²) in [6, 6.07) is 4.59. The van der Waals surface area contributed by atoms with Gasteiger partial charge in [-0.25, -0.2) is 4.98 Å². The average Bonchev–Trinajstić information content (AvgIpc) is 2.89. The summed E-state index contributed by atoms with van der Waals surface area (Å²) >= 11 is 1.79. The van der Waals surface area contributed by atoms with E-state index in [2.05, 4.69) is 52.0 Å². The van der Waals surface area contributed by atoms with Gasteiger partial charge in [-0.3, -0.25) is 4.98 Å². The van der Waals surface area contributed by atoms with Gasteiger partial charge in [-0.2, -0.15) is 0 Å². The first-order valence-corrected chi connectivity index (χ1v) is 7.50. The van der Waals surface area contributed by atoms with Gasteiger partial charge in [-0.05, 0) is 24.8 Å². The fourth-order valence-corrected chi connectivity index (χ4v) is 2.64. The molecule has 2 aromatic rings. The number of thiophene rings is 1. The highest BCUT2D eigenvalue weighted by Gasteiger charge is 2.06. The molecule has 102 valence electrons. The van der Waals surface area contributed by atoms with Gasteiger partial charge < -0.3 is 10.6 Å². The van der Waals surface area contributed by atoms with Gasteiger partial charge in [-0.1, -0.05) is 13.0 Å². The van der Waals surface area contributed by atoms with Crippen LogP contribution in [0.2, 0.25) is 0 Å². The molecule has 0 aliphatic rings. The fraction of sp³-hybridized carbons (Fsp3) is 0.429. The Hall–Kier alpha value is -1.62. The third-order valence-electron chi connectivity index (χ3n) is 2.67. The van der Waals surface area contributed by atoms with Crippen LogP contribution in [0, 0.1) is 0 Å². The standard InChI is InChI=1S/C14H20N4S/c1-3-6-16-13-9-15-10-14(18-13)17-11(2)8-12-5-4-7-19-12/h4-5,7,9-11H,3,6,8H2,1-2H3,(H2,16,17,18). The topological polar surface area (TPSA) is 49.8 Å². The monoisotopic (exact) mass is 276 g/mol. The minimum atomic E-state index is 0.342. The van der Waals surface area contributed by atoms with E-state index in [-0.39, 0.29) is 0 Å². The van der Waals surface area contributed by atoms with Crippen LogP contribution in [0.15, 0.2) is 29.9 Å². The molecule has 19 heavy (non-hydrogen) atoms. The SMILES string of the molecule is CCCNc1cncc(NC(C)Cc2cccs2)n1. The lowest BCUT2D eigenvalue weighted by Crippen LogP contribution is -2.18. The first-order valence-electron chi connectivity index (χ1n) is 6.62. The molecule has 0 aromatic carbocycles. The molecule has 2 aromatic heterocycles. The van der Waals surface area contributed by atoms with E-state index < -0.39 is 0 Å². The van der Waals surface area contributed by atoms with Gasteiger partial charge in [0, 0.05) is 23.9 Å². The van der Waals surface area contributed by atoms with E-state index in [1.54, 1.807) is 23.7 Å². The summed E-state index contributed by atoms with van der Waals surface area (Å²) in [5, 5.41) is 8.74. The number of hydrogen-bond donors (Lipinski definition) is 2. The molecule has 0 radical (unpaired) electrons. The maximum absolute atomic E-state index is 4.50. The maximum atomic E-state index is 4.50. The Morgan fingerprint density at radius 3 is 2.89 bits per heavy atom. The van der Waals surface area contributed by atoms with Crippen LogP contribution in [-0.4, -0.2) is 22.6 Å². The third-order valence-corrected chi connectivity index (χ3v) is 3.57. The average molecular weight is 276 g/mol. The summed E-state index contributed by atoms with van der Waals surface area (Å²) < 4.78 is 0. The largest absolute Gasteiger partial charge is 0.369 e. The summed E-state index contributed by atoms with van der Waals surface area (Å²) in [5.41, 5.74) is 0. The molecule has 2 heterocycles. The van der Waals surface area contributed by atoms with Crippen molar-refractivity contribution in [1.82, 2.24) is 9.97 Å². The van der Waals surface area contributed by atoms with Gasteiger partial charge in [0.15, 0.2) is 0 Å². The van der Waals surface area contributed by atoms with Crippen LogP contribution < -0.4 is 10.6 Å². The fourth-order valence-electron chi connectivity index (χ4n) is 1.81. The van der Waals surface area contributed by atoms with Crippen LogP contribution in [0.25, 0.3) is 0 Å². The van der Waals surface area contributed by atoms with E-state index >= 15 is 0 Å². The highest BCUT2D eigenvalue weighted by molar-refractivity contribution is 7.09. The molecule has 0 fully saturated rings. The van der Waals surface area contributed by atoms with Crippen LogP contribution in [0.1, 0.15) is 25.1 Å². The zero-order chi connectivity index (χ0) is 13.5. The van der Waals surface area contributed by atoms with Crippen LogP contribution in [0.4, 0.5) is 11.6 Å². The lowest BCUT2D eigenvalue weighted by Gasteiger charge is -2.14. The zero-order valence-electron chi connectivity index (χ0n) is 11.4. The normalized spacial score (nSPS) is 12.1. The smallest absolute Gasteiger partial charge is 0.147 e. The molecule has 0 saturated carbocycles. The van der Waals surface area contributed by atoms with Crippen LogP contribution in [0.3, 0.4) is 0 Å². The van der Waals surface area contributed by atoms with Crippen molar-refractivity contribution in [1.29, 1.82) is 0 Å². The second kappa shape index (κ2) is 7.09. The van der Waals surface area contributed by atoms with Gasteiger partial charge in [0.25, 0.3) is 0 Å². The number of rotatable bonds is 7. The van der Waals surface area contributed by atoms with Crippen LogP contribution in [-0.2, 0) is 6.42 Å². The predicted molar refractivity (Wildman–Crippen MR) is 81.9 cm³/mol. The molecule has 0 saturated heterocycles. The number of nitrogens with one attached hydrogen (secondary N) is 2. The molecular weight excluding hydrogens is 256 g/mol. The second-order valence-electron chi connectivity index (χ2n) is 4.55. The summed E-state index contributed by atoms with van der Waals surface area (Å²) in [6.45, 7) is 5.21. The Morgan fingerprint density at radius 1 is 1.32 bits per heavy atom. The Bertz CT molecular complexity index is 484. The molecule has 2 N–H and O–H groups in total. The Labute approximate surface area is 118 Å². The van der Waals surface area contributed by atoms with Crippen molar-refractivity contribution in [2.75, 3.05) is 17.2 Å². The number of aromatic nitrogens is 2. The first-order chi connectivity index (χ1) is 9.28. The molecule has 1 unspecified atom stereocenters. The van der Waals surface area contributed by atoms with Gasteiger partial charge in [0.2, 0.25) is 0 Å². The predicted octanol–water partition coefficient (Wildman–Crippen LogP) is 3.40. The second-order valence-corrected chi connectivity index (χ2v) is 5.58. The summed E-state index contributed by atoms with van der Waals surface area (Å²) in [4.78, 5) is 10.1. The number of anilines is 2. The highest BCUT2D eigenvalue weighted by Crippen LogP contribution is 2.14. The Kier molecular flexibility index (Phi) is 5.15. The van der Waals surface area contributed by atoms with Gasteiger partial charge in [-0.15, -0.1) is 11.3 Å². The number of hydrogen-bond acceptors (Lipinski definition) is 5. The van der Waals surface area contributed by atoms with Crippen LogP contribution in [0.5, 0.6) is 0 Å². The molecule has 2 rings (SSSR count). The van der Waals surface area contributed by atoms with Crippen molar-refractivity contribution in [3.05, 3.63) is 34.8 Å².